The van der Waals surface area contributed by atoms with E-state index >= 15 is 0 Å². The molecule has 0 bridgehead atoms. The van der Waals surface area contributed by atoms with Gasteiger partial charge in [-0.05, 0) is 51.3 Å². The van der Waals surface area contributed by atoms with Gasteiger partial charge in [0.2, 0.25) is 0 Å². The predicted octanol–water partition coefficient (Wildman–Crippen LogP) is 4.24. The van der Waals surface area contributed by atoms with Crippen LogP contribution in [0.1, 0.15) is 59.1 Å². The highest BCUT2D eigenvalue weighted by atomic mass is 15.3. The van der Waals surface area contributed by atoms with E-state index < -0.39 is 0 Å². The number of rotatable bonds is 6. The lowest BCUT2D eigenvalue weighted by molar-refractivity contribution is 0.0598. The van der Waals surface area contributed by atoms with Crippen molar-refractivity contribution < 1.29 is 0 Å². The third-order valence-electron chi connectivity index (χ3n) is 4.93. The molecule has 2 rings (SSSR count). The van der Waals surface area contributed by atoms with Gasteiger partial charge in [-0.15, -0.1) is 0 Å². The topological polar surface area (TPSA) is 15.3 Å². The summed E-state index contributed by atoms with van der Waals surface area (Å²) in [5, 5.41) is 3.75. The molecule has 1 heterocycles. The van der Waals surface area contributed by atoms with Crippen LogP contribution in [0.2, 0.25) is 0 Å². The van der Waals surface area contributed by atoms with E-state index in [1.165, 1.54) is 24.9 Å². The Balaban J connectivity index is 2.33. The first kappa shape index (κ1) is 16.5. The first-order valence-electron chi connectivity index (χ1n) is 8.52. The number of nitrogens with one attached hydrogen (secondary N) is 1. The zero-order valence-corrected chi connectivity index (χ0v) is 14.4. The summed E-state index contributed by atoms with van der Waals surface area (Å²) in [7, 11) is 0. The van der Waals surface area contributed by atoms with Crippen molar-refractivity contribution in [3.63, 3.8) is 0 Å². The second-order valence-corrected chi connectivity index (χ2v) is 7.29. The van der Waals surface area contributed by atoms with Gasteiger partial charge in [-0.2, -0.15) is 0 Å². The summed E-state index contributed by atoms with van der Waals surface area (Å²) in [5.41, 5.74) is 1.73. The fourth-order valence-electron chi connectivity index (χ4n) is 3.92. The zero-order chi connectivity index (χ0) is 15.5. The highest BCUT2D eigenvalue weighted by Crippen LogP contribution is 2.37. The SMILES string of the molecule is CCNC(c1ccccc1)C(C(C)C)N1CCCC1(C)C. The predicted molar refractivity (Wildman–Crippen MR) is 91.5 cm³/mol. The molecule has 1 aromatic rings. The summed E-state index contributed by atoms with van der Waals surface area (Å²) in [6.45, 7) is 14.0. The maximum Gasteiger partial charge on any atom is 0.0480 e. The molecule has 1 aromatic carbocycles. The Kier molecular flexibility index (Phi) is 5.45. The molecule has 0 spiro atoms. The average Bonchev–Trinajstić information content (AvgIpc) is 2.79. The van der Waals surface area contributed by atoms with Crippen LogP contribution in [0, 0.1) is 5.92 Å². The van der Waals surface area contributed by atoms with Crippen LogP contribution in [0.5, 0.6) is 0 Å². The van der Waals surface area contributed by atoms with Crippen LogP contribution in [0.15, 0.2) is 30.3 Å². The summed E-state index contributed by atoms with van der Waals surface area (Å²) in [6, 6.07) is 11.9. The number of hydrogen-bond donors (Lipinski definition) is 1. The van der Waals surface area contributed by atoms with Gasteiger partial charge in [0.1, 0.15) is 0 Å². The zero-order valence-electron chi connectivity index (χ0n) is 14.4. The number of likely N-dealkylation sites (N-methyl/N-ethyl adjacent to an activating group) is 1. The average molecular weight is 288 g/mol. The number of nitrogens with zero attached hydrogens (tertiary/aromatic N) is 1. The van der Waals surface area contributed by atoms with Crippen LogP contribution in [0.3, 0.4) is 0 Å². The smallest absolute Gasteiger partial charge is 0.0480 e. The van der Waals surface area contributed by atoms with Crippen LogP contribution in [-0.2, 0) is 0 Å². The maximum atomic E-state index is 3.75. The number of likely N-dealkylation sites (tertiary alicyclic amines) is 1. The molecule has 0 radical (unpaired) electrons. The van der Waals surface area contributed by atoms with Crippen molar-refractivity contribution in [3.8, 4) is 0 Å². The van der Waals surface area contributed by atoms with Crippen molar-refractivity contribution >= 4 is 0 Å². The van der Waals surface area contributed by atoms with Gasteiger partial charge >= 0.3 is 0 Å². The van der Waals surface area contributed by atoms with Gasteiger partial charge in [-0.3, -0.25) is 4.90 Å². The molecule has 0 aliphatic carbocycles. The van der Waals surface area contributed by atoms with Crippen molar-refractivity contribution in [3.05, 3.63) is 35.9 Å². The Bertz CT molecular complexity index is 424. The summed E-state index contributed by atoms with van der Waals surface area (Å²) in [6.07, 6.45) is 2.63. The molecule has 0 aromatic heterocycles. The fourth-order valence-corrected chi connectivity index (χ4v) is 3.92. The van der Waals surface area contributed by atoms with Crippen molar-refractivity contribution in [1.29, 1.82) is 0 Å². The third-order valence-corrected chi connectivity index (χ3v) is 4.93. The maximum absolute atomic E-state index is 3.75. The lowest BCUT2D eigenvalue weighted by Crippen LogP contribution is -2.53. The molecule has 2 nitrogen and oxygen atoms in total. The summed E-state index contributed by atoms with van der Waals surface area (Å²) < 4.78 is 0. The fraction of sp³-hybridized carbons (Fsp3) is 0.684. The molecule has 1 N–H and O–H groups in total. The van der Waals surface area contributed by atoms with E-state index in [0.29, 0.717) is 23.5 Å². The number of hydrogen-bond acceptors (Lipinski definition) is 2. The molecule has 118 valence electrons. The van der Waals surface area contributed by atoms with E-state index in [4.69, 9.17) is 0 Å². The van der Waals surface area contributed by atoms with E-state index in [-0.39, 0.29) is 0 Å². The summed E-state index contributed by atoms with van der Waals surface area (Å²) in [5.74, 6) is 0.631. The lowest BCUT2D eigenvalue weighted by Gasteiger charge is -2.45. The molecular formula is C19H32N2. The minimum absolute atomic E-state index is 0.317. The van der Waals surface area contributed by atoms with E-state index in [2.05, 4.69) is 75.2 Å². The Morgan fingerprint density at radius 3 is 2.33 bits per heavy atom. The van der Waals surface area contributed by atoms with Gasteiger partial charge in [0.25, 0.3) is 0 Å². The van der Waals surface area contributed by atoms with Gasteiger partial charge < -0.3 is 5.32 Å². The molecule has 1 aliphatic rings. The van der Waals surface area contributed by atoms with E-state index in [0.717, 1.165) is 6.54 Å². The van der Waals surface area contributed by atoms with Gasteiger partial charge in [0.15, 0.2) is 0 Å². The third kappa shape index (κ3) is 3.67. The Hall–Kier alpha value is -0.860. The molecular weight excluding hydrogens is 256 g/mol. The molecule has 21 heavy (non-hydrogen) atoms. The largest absolute Gasteiger partial charge is 0.309 e. The highest BCUT2D eigenvalue weighted by molar-refractivity contribution is 5.21. The molecule has 2 atom stereocenters. The van der Waals surface area contributed by atoms with E-state index in [1.807, 2.05) is 0 Å². The standard InChI is InChI=1S/C19H32N2/c1-6-20-17(16-11-8-7-9-12-16)18(15(2)3)21-14-10-13-19(21,4)5/h7-9,11-12,15,17-18,20H,6,10,13-14H2,1-5H3. The second-order valence-electron chi connectivity index (χ2n) is 7.29. The highest BCUT2D eigenvalue weighted by Gasteiger charge is 2.41. The van der Waals surface area contributed by atoms with Crippen molar-refractivity contribution in [1.82, 2.24) is 10.2 Å². The van der Waals surface area contributed by atoms with E-state index in [9.17, 15) is 0 Å². The second kappa shape index (κ2) is 6.93. The van der Waals surface area contributed by atoms with Gasteiger partial charge in [-0.1, -0.05) is 51.1 Å². The number of benzene rings is 1. The molecule has 1 aliphatic heterocycles. The van der Waals surface area contributed by atoms with Crippen molar-refractivity contribution in [2.45, 2.75) is 65.1 Å². The Morgan fingerprint density at radius 2 is 1.86 bits per heavy atom. The Labute approximate surface area is 130 Å². The Morgan fingerprint density at radius 1 is 1.19 bits per heavy atom. The van der Waals surface area contributed by atoms with Gasteiger partial charge in [0.05, 0.1) is 0 Å². The van der Waals surface area contributed by atoms with Crippen LogP contribution in [0.25, 0.3) is 0 Å². The van der Waals surface area contributed by atoms with Gasteiger partial charge in [0, 0.05) is 17.6 Å². The minimum Gasteiger partial charge on any atom is -0.309 e. The van der Waals surface area contributed by atoms with Crippen LogP contribution < -0.4 is 5.32 Å². The first-order valence-corrected chi connectivity index (χ1v) is 8.52. The van der Waals surface area contributed by atoms with Gasteiger partial charge in [-0.25, -0.2) is 0 Å². The van der Waals surface area contributed by atoms with E-state index in [1.54, 1.807) is 0 Å². The quantitative estimate of drug-likeness (QED) is 0.842. The first-order chi connectivity index (χ1) is 9.97. The molecule has 2 unspecified atom stereocenters. The minimum atomic E-state index is 0.317. The normalized spacial score (nSPS) is 21.6. The van der Waals surface area contributed by atoms with Crippen LogP contribution >= 0.6 is 0 Å². The monoisotopic (exact) mass is 288 g/mol. The summed E-state index contributed by atoms with van der Waals surface area (Å²) in [4.78, 5) is 2.75. The summed E-state index contributed by atoms with van der Waals surface area (Å²) >= 11 is 0. The van der Waals surface area contributed by atoms with Crippen LogP contribution in [0.4, 0.5) is 0 Å². The molecule has 1 fully saturated rings. The molecule has 0 amide bonds. The lowest BCUT2D eigenvalue weighted by atomic mass is 9.87. The van der Waals surface area contributed by atoms with Crippen molar-refractivity contribution in [2.75, 3.05) is 13.1 Å². The molecule has 1 saturated heterocycles. The van der Waals surface area contributed by atoms with Crippen LogP contribution in [-0.4, -0.2) is 29.6 Å². The molecule has 2 heteroatoms. The molecule has 0 saturated carbocycles. The van der Waals surface area contributed by atoms with Crippen molar-refractivity contribution in [2.24, 2.45) is 5.92 Å².